The molecule has 0 saturated heterocycles. The summed E-state index contributed by atoms with van der Waals surface area (Å²) in [5.41, 5.74) is 1.91. The number of rotatable bonds is 4. The van der Waals surface area contributed by atoms with Crippen molar-refractivity contribution in [2.24, 2.45) is 0 Å². The molecular formula is C18H20N2O2S. The molecule has 1 aliphatic carbocycles. The lowest BCUT2D eigenvalue weighted by atomic mass is 9.79. The second kappa shape index (κ2) is 6.64. The van der Waals surface area contributed by atoms with Crippen molar-refractivity contribution in [3.8, 4) is 0 Å². The van der Waals surface area contributed by atoms with Crippen LogP contribution >= 0.6 is 11.3 Å². The molecule has 4 nitrogen and oxygen atoms in total. The van der Waals surface area contributed by atoms with Crippen LogP contribution in [0.1, 0.15) is 34.7 Å². The first-order chi connectivity index (χ1) is 11.1. The quantitative estimate of drug-likeness (QED) is 0.849. The van der Waals surface area contributed by atoms with Crippen molar-refractivity contribution in [1.29, 1.82) is 0 Å². The van der Waals surface area contributed by atoms with Gasteiger partial charge in [-0.15, -0.1) is 11.3 Å². The summed E-state index contributed by atoms with van der Waals surface area (Å²) in [6.45, 7) is 2.15. The molecule has 0 fully saturated rings. The van der Waals surface area contributed by atoms with Crippen LogP contribution in [-0.4, -0.2) is 22.5 Å². The molecule has 1 heterocycles. The fraction of sp³-hybridized carbons (Fsp3) is 0.333. The zero-order chi connectivity index (χ0) is 16.3. The van der Waals surface area contributed by atoms with E-state index in [-0.39, 0.29) is 12.5 Å². The number of benzene rings is 1. The van der Waals surface area contributed by atoms with E-state index < -0.39 is 5.60 Å². The van der Waals surface area contributed by atoms with E-state index in [2.05, 4.69) is 10.3 Å². The summed E-state index contributed by atoms with van der Waals surface area (Å²) < 4.78 is 0. The van der Waals surface area contributed by atoms with E-state index in [1.54, 1.807) is 17.4 Å². The van der Waals surface area contributed by atoms with Gasteiger partial charge in [-0.05, 0) is 43.4 Å². The predicted octanol–water partition coefficient (Wildman–Crippen LogP) is 2.81. The number of hydrogen-bond acceptors (Lipinski definition) is 4. The highest BCUT2D eigenvalue weighted by molar-refractivity contribution is 7.09. The van der Waals surface area contributed by atoms with Crippen molar-refractivity contribution >= 4 is 23.3 Å². The van der Waals surface area contributed by atoms with Gasteiger partial charge >= 0.3 is 0 Å². The van der Waals surface area contributed by atoms with Gasteiger partial charge in [-0.3, -0.25) is 4.79 Å². The van der Waals surface area contributed by atoms with Crippen LogP contribution < -0.4 is 5.32 Å². The second-order valence-electron chi connectivity index (χ2n) is 5.88. The monoisotopic (exact) mass is 328 g/mol. The van der Waals surface area contributed by atoms with E-state index in [4.69, 9.17) is 0 Å². The zero-order valence-electron chi connectivity index (χ0n) is 13.1. The molecule has 2 N–H and O–H groups in total. The van der Waals surface area contributed by atoms with E-state index in [9.17, 15) is 9.90 Å². The number of carbonyl (C=O) groups excluding carboxylic acids is 1. The third-order valence-electron chi connectivity index (χ3n) is 4.15. The zero-order valence-corrected chi connectivity index (χ0v) is 13.9. The largest absolute Gasteiger partial charge is 0.383 e. The molecule has 1 amide bonds. The molecule has 2 aromatic rings. The summed E-state index contributed by atoms with van der Waals surface area (Å²) >= 11 is 1.55. The number of nitrogens with one attached hydrogen (secondary N) is 1. The number of aromatic nitrogens is 1. The number of amides is 1. The van der Waals surface area contributed by atoms with Crippen LogP contribution in [0.2, 0.25) is 0 Å². The fourth-order valence-corrected chi connectivity index (χ4v) is 3.57. The van der Waals surface area contributed by atoms with Crippen LogP contribution in [0, 0.1) is 6.92 Å². The van der Waals surface area contributed by atoms with Gasteiger partial charge in [0.25, 0.3) is 0 Å². The Balaban J connectivity index is 1.64. The van der Waals surface area contributed by atoms with Crippen LogP contribution in [0.3, 0.4) is 0 Å². The summed E-state index contributed by atoms with van der Waals surface area (Å²) in [6.07, 6.45) is 5.73. The average molecular weight is 328 g/mol. The van der Waals surface area contributed by atoms with Gasteiger partial charge in [0.1, 0.15) is 5.60 Å². The lowest BCUT2D eigenvalue weighted by molar-refractivity contribution is -0.118. The van der Waals surface area contributed by atoms with Crippen molar-refractivity contribution in [2.45, 2.75) is 31.8 Å². The first kappa shape index (κ1) is 15.9. The molecule has 1 unspecified atom stereocenters. The Morgan fingerprint density at radius 2 is 2.30 bits per heavy atom. The highest BCUT2D eigenvalue weighted by Crippen LogP contribution is 2.34. The van der Waals surface area contributed by atoms with Gasteiger partial charge in [0.15, 0.2) is 0 Å². The minimum atomic E-state index is -0.977. The van der Waals surface area contributed by atoms with Crippen molar-refractivity contribution in [1.82, 2.24) is 10.3 Å². The molecule has 120 valence electrons. The predicted molar refractivity (Wildman–Crippen MR) is 92.2 cm³/mol. The molecule has 0 bridgehead atoms. The van der Waals surface area contributed by atoms with Crippen molar-refractivity contribution in [2.75, 3.05) is 6.54 Å². The summed E-state index contributed by atoms with van der Waals surface area (Å²) in [4.78, 5) is 16.3. The van der Waals surface area contributed by atoms with E-state index in [0.29, 0.717) is 6.42 Å². The SMILES string of the molecule is Cc1nc(/C=C/C(=O)NCC2(O)CCCc3ccccc32)cs1. The van der Waals surface area contributed by atoms with Gasteiger partial charge in [0.05, 0.1) is 17.2 Å². The highest BCUT2D eigenvalue weighted by Gasteiger charge is 2.34. The number of aliphatic hydroxyl groups is 1. The summed E-state index contributed by atoms with van der Waals surface area (Å²) in [5.74, 6) is -0.216. The Bertz CT molecular complexity index is 738. The Kier molecular flexibility index (Phi) is 4.59. The molecule has 0 spiro atoms. The topological polar surface area (TPSA) is 62.2 Å². The Morgan fingerprint density at radius 3 is 3.09 bits per heavy atom. The van der Waals surface area contributed by atoms with E-state index in [1.165, 1.54) is 11.6 Å². The van der Waals surface area contributed by atoms with E-state index in [1.807, 2.05) is 36.6 Å². The molecule has 1 aliphatic rings. The van der Waals surface area contributed by atoms with E-state index in [0.717, 1.165) is 29.1 Å². The Labute approximate surface area is 139 Å². The van der Waals surface area contributed by atoms with Crippen molar-refractivity contribution in [3.05, 3.63) is 57.6 Å². The van der Waals surface area contributed by atoms with Crippen LogP contribution in [0.4, 0.5) is 0 Å². The number of hydrogen-bond donors (Lipinski definition) is 2. The standard InChI is InChI=1S/C18H20N2O2S/c1-13-20-15(11-23-13)8-9-17(21)19-12-18(22)10-4-6-14-5-2-3-7-16(14)18/h2-3,5,7-9,11,22H,4,6,10,12H2,1H3,(H,19,21)/b9-8+. The maximum atomic E-state index is 12.0. The number of nitrogens with zero attached hydrogens (tertiary/aromatic N) is 1. The van der Waals surface area contributed by atoms with Gasteiger partial charge in [-0.2, -0.15) is 0 Å². The molecule has 1 aromatic heterocycles. The van der Waals surface area contributed by atoms with Crippen molar-refractivity contribution < 1.29 is 9.90 Å². The minimum absolute atomic E-state index is 0.216. The molecular weight excluding hydrogens is 308 g/mol. The van der Waals surface area contributed by atoms with Gasteiger partial charge in [0, 0.05) is 11.5 Å². The van der Waals surface area contributed by atoms with Gasteiger partial charge in [-0.25, -0.2) is 4.98 Å². The first-order valence-corrected chi connectivity index (χ1v) is 8.64. The third kappa shape index (κ3) is 3.68. The number of carbonyl (C=O) groups is 1. The van der Waals surface area contributed by atoms with Gasteiger partial charge in [0.2, 0.25) is 5.91 Å². The van der Waals surface area contributed by atoms with Gasteiger partial charge in [-0.1, -0.05) is 24.3 Å². The Hall–Kier alpha value is -1.98. The smallest absolute Gasteiger partial charge is 0.244 e. The van der Waals surface area contributed by atoms with Crippen LogP contribution in [0.15, 0.2) is 35.7 Å². The lowest BCUT2D eigenvalue weighted by Crippen LogP contribution is -2.42. The van der Waals surface area contributed by atoms with Gasteiger partial charge < -0.3 is 10.4 Å². The lowest BCUT2D eigenvalue weighted by Gasteiger charge is -2.34. The molecule has 3 rings (SSSR count). The molecule has 1 aromatic carbocycles. The summed E-state index contributed by atoms with van der Waals surface area (Å²) in [7, 11) is 0. The third-order valence-corrected chi connectivity index (χ3v) is 4.94. The Morgan fingerprint density at radius 1 is 1.48 bits per heavy atom. The van der Waals surface area contributed by atoms with Crippen LogP contribution in [0.25, 0.3) is 6.08 Å². The summed E-state index contributed by atoms with van der Waals surface area (Å²) in [6, 6.07) is 7.92. The molecule has 1 atom stereocenters. The fourth-order valence-electron chi connectivity index (χ4n) is 2.99. The van der Waals surface area contributed by atoms with Crippen LogP contribution in [-0.2, 0) is 16.8 Å². The van der Waals surface area contributed by atoms with E-state index >= 15 is 0 Å². The number of thiazole rings is 1. The highest BCUT2D eigenvalue weighted by atomic mass is 32.1. The van der Waals surface area contributed by atoms with Crippen molar-refractivity contribution in [3.63, 3.8) is 0 Å². The molecule has 0 radical (unpaired) electrons. The maximum Gasteiger partial charge on any atom is 0.244 e. The summed E-state index contributed by atoms with van der Waals surface area (Å²) in [5, 5.41) is 16.6. The molecule has 23 heavy (non-hydrogen) atoms. The molecule has 0 saturated carbocycles. The number of fused-ring (bicyclic) bond motifs is 1. The number of aryl methyl sites for hydroxylation is 2. The molecule has 0 aliphatic heterocycles. The minimum Gasteiger partial charge on any atom is -0.383 e. The average Bonchev–Trinajstić information content (AvgIpc) is 2.97. The molecule has 5 heteroatoms. The normalized spacial score (nSPS) is 20.4. The second-order valence-corrected chi connectivity index (χ2v) is 6.95. The first-order valence-electron chi connectivity index (χ1n) is 7.76. The maximum absolute atomic E-state index is 12.0. The van der Waals surface area contributed by atoms with Crippen LogP contribution in [0.5, 0.6) is 0 Å².